The molecule has 0 spiro atoms. The van der Waals surface area contributed by atoms with Crippen LogP contribution < -0.4 is 11.1 Å². The van der Waals surface area contributed by atoms with E-state index in [4.69, 9.17) is 28.9 Å². The highest BCUT2D eigenvalue weighted by Crippen LogP contribution is 2.32. The van der Waals surface area contributed by atoms with Gasteiger partial charge in [-0.1, -0.05) is 35.3 Å². The molecule has 0 aliphatic carbocycles. The molecule has 2 nitrogen and oxygen atoms in total. The Kier molecular flexibility index (Phi) is 3.46. The van der Waals surface area contributed by atoms with Gasteiger partial charge in [-0.2, -0.15) is 0 Å². The molecule has 0 fully saturated rings. The third kappa shape index (κ3) is 2.84. The Balaban J connectivity index is 2.33. The lowest BCUT2D eigenvalue weighted by molar-refractivity contribution is 1.45. The van der Waals surface area contributed by atoms with Crippen LogP contribution in [0.25, 0.3) is 0 Å². The highest BCUT2D eigenvalue weighted by molar-refractivity contribution is 6.42. The van der Waals surface area contributed by atoms with Gasteiger partial charge < -0.3 is 11.1 Å². The molecule has 0 atom stereocenters. The van der Waals surface area contributed by atoms with Gasteiger partial charge in [-0.15, -0.1) is 0 Å². The first kappa shape index (κ1) is 12.1. The Labute approximate surface area is 110 Å². The van der Waals surface area contributed by atoms with E-state index in [-0.39, 0.29) is 0 Å². The monoisotopic (exact) mass is 266 g/mol. The van der Waals surface area contributed by atoms with Gasteiger partial charge in [-0.25, -0.2) is 0 Å². The number of nitrogen functional groups attached to an aromatic ring is 1. The summed E-state index contributed by atoms with van der Waals surface area (Å²) in [6.07, 6.45) is 0. The van der Waals surface area contributed by atoms with Crippen molar-refractivity contribution in [3.63, 3.8) is 0 Å². The first-order chi connectivity index (χ1) is 8.06. The molecule has 0 aromatic heterocycles. The lowest BCUT2D eigenvalue weighted by atomic mass is 10.2. The third-order valence-corrected chi connectivity index (χ3v) is 3.11. The van der Waals surface area contributed by atoms with Gasteiger partial charge in [0.1, 0.15) is 0 Å². The number of aryl methyl sites for hydroxylation is 1. The summed E-state index contributed by atoms with van der Waals surface area (Å²) in [5.41, 5.74) is 9.34. The molecule has 0 radical (unpaired) electrons. The van der Waals surface area contributed by atoms with Gasteiger partial charge in [-0.05, 0) is 36.8 Å². The summed E-state index contributed by atoms with van der Waals surface area (Å²) >= 11 is 11.8. The molecule has 3 N–H and O–H groups in total. The fourth-order valence-corrected chi connectivity index (χ4v) is 1.88. The quantitative estimate of drug-likeness (QED) is 0.778. The SMILES string of the molecule is Cc1cccc(Nc2cc(Cl)c(Cl)cc2N)c1. The number of hydrogen-bond donors (Lipinski definition) is 2. The Morgan fingerprint density at radius 2 is 1.76 bits per heavy atom. The molecule has 2 aromatic carbocycles. The Hall–Kier alpha value is -1.38. The minimum absolute atomic E-state index is 0.457. The molecule has 2 aromatic rings. The predicted octanol–water partition coefficient (Wildman–Crippen LogP) is 4.63. The van der Waals surface area contributed by atoms with Crippen molar-refractivity contribution in [2.24, 2.45) is 0 Å². The van der Waals surface area contributed by atoms with Gasteiger partial charge in [0.25, 0.3) is 0 Å². The summed E-state index contributed by atoms with van der Waals surface area (Å²) in [7, 11) is 0. The molecular weight excluding hydrogens is 255 g/mol. The van der Waals surface area contributed by atoms with Gasteiger partial charge in [0, 0.05) is 5.69 Å². The number of nitrogens with two attached hydrogens (primary N) is 1. The lowest BCUT2D eigenvalue weighted by Gasteiger charge is -2.11. The maximum atomic E-state index is 5.96. The largest absolute Gasteiger partial charge is 0.397 e. The van der Waals surface area contributed by atoms with Crippen LogP contribution in [0.1, 0.15) is 5.56 Å². The second kappa shape index (κ2) is 4.86. The van der Waals surface area contributed by atoms with Crippen LogP contribution in [-0.2, 0) is 0 Å². The van der Waals surface area contributed by atoms with E-state index >= 15 is 0 Å². The molecule has 88 valence electrons. The van der Waals surface area contributed by atoms with Crippen LogP contribution in [0.4, 0.5) is 17.1 Å². The first-order valence-corrected chi connectivity index (χ1v) is 5.90. The predicted molar refractivity (Wildman–Crippen MR) is 75.3 cm³/mol. The van der Waals surface area contributed by atoms with Crippen LogP contribution >= 0.6 is 23.2 Å². The van der Waals surface area contributed by atoms with Gasteiger partial charge in [0.15, 0.2) is 0 Å². The van der Waals surface area contributed by atoms with Crippen LogP contribution in [0.5, 0.6) is 0 Å². The van der Waals surface area contributed by atoms with Crippen molar-refractivity contribution in [2.75, 3.05) is 11.1 Å². The van der Waals surface area contributed by atoms with E-state index in [0.717, 1.165) is 11.4 Å². The van der Waals surface area contributed by atoms with Crippen LogP contribution in [0.2, 0.25) is 10.0 Å². The molecule has 0 heterocycles. The summed E-state index contributed by atoms with van der Waals surface area (Å²) in [4.78, 5) is 0. The summed E-state index contributed by atoms with van der Waals surface area (Å²) in [5.74, 6) is 0. The smallest absolute Gasteiger partial charge is 0.0633 e. The molecule has 0 unspecified atom stereocenters. The summed E-state index contributed by atoms with van der Waals surface area (Å²) in [6, 6.07) is 11.4. The van der Waals surface area contributed by atoms with Crippen molar-refractivity contribution in [1.29, 1.82) is 0 Å². The van der Waals surface area contributed by atoms with Crippen LogP contribution in [0.15, 0.2) is 36.4 Å². The van der Waals surface area contributed by atoms with E-state index in [9.17, 15) is 0 Å². The zero-order valence-electron chi connectivity index (χ0n) is 9.30. The number of anilines is 3. The molecule has 0 amide bonds. The minimum Gasteiger partial charge on any atom is -0.397 e. The van der Waals surface area contributed by atoms with Crippen molar-refractivity contribution in [2.45, 2.75) is 6.92 Å². The zero-order chi connectivity index (χ0) is 12.4. The van der Waals surface area contributed by atoms with E-state index < -0.39 is 0 Å². The van der Waals surface area contributed by atoms with E-state index in [1.807, 2.05) is 31.2 Å². The van der Waals surface area contributed by atoms with Crippen molar-refractivity contribution < 1.29 is 0 Å². The zero-order valence-corrected chi connectivity index (χ0v) is 10.8. The average Bonchev–Trinajstić information content (AvgIpc) is 2.26. The van der Waals surface area contributed by atoms with E-state index in [0.29, 0.717) is 15.7 Å². The molecular formula is C13H12Cl2N2. The van der Waals surface area contributed by atoms with Crippen molar-refractivity contribution in [3.8, 4) is 0 Å². The molecule has 0 bridgehead atoms. The molecule has 0 aliphatic heterocycles. The number of rotatable bonds is 2. The van der Waals surface area contributed by atoms with Crippen LogP contribution in [0, 0.1) is 6.92 Å². The van der Waals surface area contributed by atoms with E-state index in [2.05, 4.69) is 5.32 Å². The van der Waals surface area contributed by atoms with E-state index in [1.54, 1.807) is 12.1 Å². The van der Waals surface area contributed by atoms with Gasteiger partial charge in [0.2, 0.25) is 0 Å². The Morgan fingerprint density at radius 1 is 1.06 bits per heavy atom. The molecule has 0 saturated heterocycles. The molecule has 17 heavy (non-hydrogen) atoms. The molecule has 4 heteroatoms. The summed E-state index contributed by atoms with van der Waals surface area (Å²) in [5, 5.41) is 4.15. The standard InChI is InChI=1S/C13H12Cl2N2/c1-8-3-2-4-9(5-8)17-13-7-11(15)10(14)6-12(13)16/h2-7,17H,16H2,1H3. The Morgan fingerprint density at radius 3 is 2.47 bits per heavy atom. The topological polar surface area (TPSA) is 38.0 Å². The highest BCUT2D eigenvalue weighted by Gasteiger charge is 2.05. The van der Waals surface area contributed by atoms with Gasteiger partial charge >= 0.3 is 0 Å². The van der Waals surface area contributed by atoms with Gasteiger partial charge in [0.05, 0.1) is 21.4 Å². The maximum absolute atomic E-state index is 5.96. The fourth-order valence-electron chi connectivity index (χ4n) is 1.55. The van der Waals surface area contributed by atoms with Gasteiger partial charge in [-0.3, -0.25) is 0 Å². The summed E-state index contributed by atoms with van der Waals surface area (Å²) in [6.45, 7) is 2.03. The number of nitrogens with one attached hydrogen (secondary N) is 1. The second-order valence-corrected chi connectivity index (χ2v) is 4.66. The van der Waals surface area contributed by atoms with Crippen molar-refractivity contribution in [1.82, 2.24) is 0 Å². The van der Waals surface area contributed by atoms with Crippen LogP contribution in [0.3, 0.4) is 0 Å². The third-order valence-electron chi connectivity index (χ3n) is 2.39. The Bertz CT molecular complexity index is 553. The number of hydrogen-bond acceptors (Lipinski definition) is 2. The highest BCUT2D eigenvalue weighted by atomic mass is 35.5. The second-order valence-electron chi connectivity index (χ2n) is 3.85. The van der Waals surface area contributed by atoms with Crippen molar-refractivity contribution >= 4 is 40.3 Å². The molecule has 2 rings (SSSR count). The summed E-state index contributed by atoms with van der Waals surface area (Å²) < 4.78 is 0. The average molecular weight is 267 g/mol. The van der Waals surface area contributed by atoms with Crippen LogP contribution in [-0.4, -0.2) is 0 Å². The first-order valence-electron chi connectivity index (χ1n) is 5.14. The maximum Gasteiger partial charge on any atom is 0.0633 e. The van der Waals surface area contributed by atoms with E-state index in [1.165, 1.54) is 5.56 Å². The number of benzene rings is 2. The number of halogens is 2. The molecule has 0 aliphatic rings. The molecule has 0 saturated carbocycles. The minimum atomic E-state index is 0.457. The fraction of sp³-hybridized carbons (Fsp3) is 0.0769. The lowest BCUT2D eigenvalue weighted by Crippen LogP contribution is -1.96. The normalized spacial score (nSPS) is 10.3. The van der Waals surface area contributed by atoms with Crippen molar-refractivity contribution in [3.05, 3.63) is 52.0 Å².